The summed E-state index contributed by atoms with van der Waals surface area (Å²) in [6.07, 6.45) is 2.47. The smallest absolute Gasteiger partial charge is 0.0337 e. The number of hydrogen-bond acceptors (Lipinski definition) is 1. The first-order valence-electron chi connectivity index (χ1n) is 5.99. The van der Waals surface area contributed by atoms with Gasteiger partial charge in [0.1, 0.15) is 0 Å². The van der Waals surface area contributed by atoms with E-state index in [4.69, 9.17) is 0 Å². The third kappa shape index (κ3) is 6.16. The minimum Gasteiger partial charge on any atom is -0.388 e. The molecule has 1 aromatic carbocycles. The summed E-state index contributed by atoms with van der Waals surface area (Å²) in [5.41, 5.74) is 2.63. The molecule has 1 aromatic rings. The van der Waals surface area contributed by atoms with Gasteiger partial charge in [-0.1, -0.05) is 39.8 Å². The minimum atomic E-state index is 0.795. The maximum atomic E-state index is 3.12. The molecule has 1 rings (SSSR count). The molecule has 86 valence electrons. The van der Waals surface area contributed by atoms with Gasteiger partial charge < -0.3 is 5.32 Å². The van der Waals surface area contributed by atoms with E-state index in [1.54, 1.807) is 0 Å². The topological polar surface area (TPSA) is 12.0 Å². The highest BCUT2D eigenvalue weighted by atomic mass is 14.8. The number of hydrogen-bond donors (Lipinski definition) is 1. The zero-order valence-corrected chi connectivity index (χ0v) is 10.8. The molecule has 0 radical (unpaired) electrons. The van der Waals surface area contributed by atoms with E-state index in [1.165, 1.54) is 24.1 Å². The Kier molecular flexibility index (Phi) is 7.79. The van der Waals surface area contributed by atoms with Crippen molar-refractivity contribution in [3.8, 4) is 0 Å². The van der Waals surface area contributed by atoms with Crippen molar-refractivity contribution in [3.05, 3.63) is 29.8 Å². The Bertz CT molecular complexity index is 236. The maximum Gasteiger partial charge on any atom is 0.0337 e. The first-order chi connectivity index (χ1) is 7.22. The average molecular weight is 207 g/mol. The Morgan fingerprint density at radius 1 is 1.07 bits per heavy atom. The van der Waals surface area contributed by atoms with Gasteiger partial charge in [-0.3, -0.25) is 0 Å². The molecule has 0 heterocycles. The molecule has 0 aliphatic rings. The molecule has 0 fully saturated rings. The van der Waals surface area contributed by atoms with Gasteiger partial charge >= 0.3 is 0 Å². The molecule has 1 heteroatoms. The molecule has 15 heavy (non-hydrogen) atoms. The van der Waals surface area contributed by atoms with Gasteiger partial charge in [-0.05, 0) is 36.5 Å². The second-order valence-corrected chi connectivity index (χ2v) is 3.88. The van der Waals surface area contributed by atoms with Crippen molar-refractivity contribution >= 4 is 5.69 Å². The van der Waals surface area contributed by atoms with Crippen molar-refractivity contribution in [1.29, 1.82) is 0 Å². The van der Waals surface area contributed by atoms with Crippen LogP contribution in [0.5, 0.6) is 0 Å². The van der Waals surface area contributed by atoms with Gasteiger partial charge in [0.15, 0.2) is 0 Å². The second kappa shape index (κ2) is 8.34. The SMILES string of the molecule is CC.CNc1ccc(CCC(C)C)cc1. The van der Waals surface area contributed by atoms with Crippen LogP contribution in [0.15, 0.2) is 24.3 Å². The van der Waals surface area contributed by atoms with Gasteiger partial charge in [-0.25, -0.2) is 0 Å². The lowest BCUT2D eigenvalue weighted by Gasteiger charge is -2.05. The van der Waals surface area contributed by atoms with Crippen molar-refractivity contribution in [3.63, 3.8) is 0 Å². The van der Waals surface area contributed by atoms with Crippen LogP contribution in [0.1, 0.15) is 39.7 Å². The molecular formula is C14H25N. The van der Waals surface area contributed by atoms with Gasteiger partial charge in [0.2, 0.25) is 0 Å². The molecule has 0 saturated heterocycles. The summed E-state index contributed by atoms with van der Waals surface area (Å²) < 4.78 is 0. The Balaban J connectivity index is 0.000000921. The molecule has 0 aliphatic heterocycles. The summed E-state index contributed by atoms with van der Waals surface area (Å²) >= 11 is 0. The normalized spacial score (nSPS) is 9.47. The number of benzene rings is 1. The van der Waals surface area contributed by atoms with Crippen LogP contribution in [-0.4, -0.2) is 7.05 Å². The molecule has 0 spiro atoms. The second-order valence-electron chi connectivity index (χ2n) is 3.88. The lowest BCUT2D eigenvalue weighted by molar-refractivity contribution is 0.587. The van der Waals surface area contributed by atoms with Crippen LogP contribution in [0, 0.1) is 5.92 Å². The van der Waals surface area contributed by atoms with E-state index in [0.717, 1.165) is 5.92 Å². The van der Waals surface area contributed by atoms with Crippen LogP contribution >= 0.6 is 0 Å². The summed E-state index contributed by atoms with van der Waals surface area (Å²) in [5.74, 6) is 0.795. The molecule has 0 aliphatic carbocycles. The lowest BCUT2D eigenvalue weighted by Crippen LogP contribution is -1.93. The fraction of sp³-hybridized carbons (Fsp3) is 0.571. The highest BCUT2D eigenvalue weighted by molar-refractivity contribution is 5.43. The van der Waals surface area contributed by atoms with Crippen LogP contribution < -0.4 is 5.32 Å². The maximum absolute atomic E-state index is 3.12. The molecule has 0 amide bonds. The van der Waals surface area contributed by atoms with E-state index >= 15 is 0 Å². The Labute approximate surface area is 94.9 Å². The Morgan fingerprint density at radius 2 is 1.60 bits per heavy atom. The van der Waals surface area contributed by atoms with E-state index in [1.807, 2.05) is 20.9 Å². The van der Waals surface area contributed by atoms with Crippen LogP contribution in [0.4, 0.5) is 5.69 Å². The van der Waals surface area contributed by atoms with E-state index in [9.17, 15) is 0 Å². The third-order valence-corrected chi connectivity index (χ3v) is 2.25. The predicted octanol–water partition coefficient (Wildman–Crippen LogP) is 4.34. The van der Waals surface area contributed by atoms with E-state index in [0.29, 0.717) is 0 Å². The zero-order valence-electron chi connectivity index (χ0n) is 10.8. The molecular weight excluding hydrogens is 182 g/mol. The quantitative estimate of drug-likeness (QED) is 0.774. The fourth-order valence-corrected chi connectivity index (χ4v) is 1.29. The van der Waals surface area contributed by atoms with Crippen LogP contribution in [-0.2, 0) is 6.42 Å². The molecule has 0 saturated carbocycles. The highest BCUT2D eigenvalue weighted by Gasteiger charge is 1.96. The Morgan fingerprint density at radius 3 is 2.00 bits per heavy atom. The minimum absolute atomic E-state index is 0.795. The monoisotopic (exact) mass is 207 g/mol. The summed E-state index contributed by atoms with van der Waals surface area (Å²) in [6, 6.07) is 8.67. The molecule has 0 bridgehead atoms. The van der Waals surface area contributed by atoms with Gasteiger partial charge in [0.05, 0.1) is 0 Å². The summed E-state index contributed by atoms with van der Waals surface area (Å²) in [6.45, 7) is 8.53. The van der Waals surface area contributed by atoms with Crippen LogP contribution in [0.2, 0.25) is 0 Å². The van der Waals surface area contributed by atoms with Crippen LogP contribution in [0.3, 0.4) is 0 Å². The molecule has 1 N–H and O–H groups in total. The standard InChI is InChI=1S/C12H19N.C2H6/c1-10(2)4-5-11-6-8-12(13-3)9-7-11;1-2/h6-10,13H,4-5H2,1-3H3;1-2H3. The van der Waals surface area contributed by atoms with Crippen molar-refractivity contribution < 1.29 is 0 Å². The molecule has 0 atom stereocenters. The number of nitrogens with one attached hydrogen (secondary N) is 1. The Hall–Kier alpha value is -0.980. The number of aryl methyl sites for hydroxylation is 1. The van der Waals surface area contributed by atoms with Crippen molar-refractivity contribution in [2.24, 2.45) is 5.92 Å². The molecule has 0 unspecified atom stereocenters. The summed E-state index contributed by atoms with van der Waals surface area (Å²) in [5, 5.41) is 3.12. The largest absolute Gasteiger partial charge is 0.388 e. The molecule has 0 aromatic heterocycles. The van der Waals surface area contributed by atoms with Crippen LogP contribution in [0.25, 0.3) is 0 Å². The van der Waals surface area contributed by atoms with Crippen molar-refractivity contribution in [2.75, 3.05) is 12.4 Å². The average Bonchev–Trinajstić information content (AvgIpc) is 2.30. The van der Waals surface area contributed by atoms with Gasteiger partial charge in [-0.15, -0.1) is 0 Å². The first kappa shape index (κ1) is 14.0. The number of anilines is 1. The first-order valence-corrected chi connectivity index (χ1v) is 5.99. The van der Waals surface area contributed by atoms with Gasteiger partial charge in [-0.2, -0.15) is 0 Å². The highest BCUT2D eigenvalue weighted by Crippen LogP contribution is 2.12. The van der Waals surface area contributed by atoms with Gasteiger partial charge in [0.25, 0.3) is 0 Å². The predicted molar refractivity (Wildman–Crippen MR) is 70.5 cm³/mol. The van der Waals surface area contributed by atoms with E-state index in [2.05, 4.69) is 43.4 Å². The lowest BCUT2D eigenvalue weighted by atomic mass is 10.0. The van der Waals surface area contributed by atoms with Crippen molar-refractivity contribution in [2.45, 2.75) is 40.5 Å². The summed E-state index contributed by atoms with van der Waals surface area (Å²) in [7, 11) is 1.95. The number of rotatable bonds is 4. The third-order valence-electron chi connectivity index (χ3n) is 2.25. The molecule has 1 nitrogen and oxygen atoms in total. The summed E-state index contributed by atoms with van der Waals surface area (Å²) in [4.78, 5) is 0. The van der Waals surface area contributed by atoms with Gasteiger partial charge in [0, 0.05) is 12.7 Å². The van der Waals surface area contributed by atoms with E-state index < -0.39 is 0 Å². The fourth-order valence-electron chi connectivity index (χ4n) is 1.29. The zero-order chi connectivity index (χ0) is 11.7. The van der Waals surface area contributed by atoms with Crippen molar-refractivity contribution in [1.82, 2.24) is 0 Å². The van der Waals surface area contributed by atoms with E-state index in [-0.39, 0.29) is 0 Å².